The summed E-state index contributed by atoms with van der Waals surface area (Å²) < 4.78 is 12.7. The van der Waals surface area contributed by atoms with Gasteiger partial charge in [-0.05, 0) is 44.0 Å². The Kier molecular flexibility index (Phi) is 5.95. The molecule has 0 saturated carbocycles. The van der Waals surface area contributed by atoms with Crippen LogP contribution in [0.5, 0.6) is 0 Å². The SMILES string of the molecule is CC(CCCO)NC(=O)C(=O)Nc1ccc(F)cc1. The molecule has 104 valence electrons. The predicted octanol–water partition coefficient (Wildman–Crippen LogP) is 1.04. The van der Waals surface area contributed by atoms with Gasteiger partial charge in [0.05, 0.1) is 0 Å². The number of benzene rings is 1. The minimum absolute atomic E-state index is 0.0436. The third kappa shape index (κ3) is 5.48. The Labute approximate surface area is 110 Å². The second kappa shape index (κ2) is 7.48. The number of rotatable bonds is 5. The molecule has 5 nitrogen and oxygen atoms in total. The van der Waals surface area contributed by atoms with Gasteiger partial charge in [-0.3, -0.25) is 9.59 Å². The van der Waals surface area contributed by atoms with Crippen molar-refractivity contribution < 1.29 is 19.1 Å². The zero-order valence-electron chi connectivity index (χ0n) is 10.6. The molecule has 0 saturated heterocycles. The molecule has 0 fully saturated rings. The van der Waals surface area contributed by atoms with Crippen LogP contribution < -0.4 is 10.6 Å². The van der Waals surface area contributed by atoms with Crippen LogP contribution in [0.4, 0.5) is 10.1 Å². The lowest BCUT2D eigenvalue weighted by atomic mass is 10.2. The molecule has 2 amide bonds. The van der Waals surface area contributed by atoms with Crippen LogP contribution in [0.25, 0.3) is 0 Å². The van der Waals surface area contributed by atoms with Gasteiger partial charge in [0.25, 0.3) is 0 Å². The molecule has 0 aliphatic carbocycles. The summed E-state index contributed by atoms with van der Waals surface area (Å²) >= 11 is 0. The highest BCUT2D eigenvalue weighted by molar-refractivity contribution is 6.39. The summed E-state index contributed by atoms with van der Waals surface area (Å²) in [5.74, 6) is -1.97. The summed E-state index contributed by atoms with van der Waals surface area (Å²) in [7, 11) is 0. The first-order valence-electron chi connectivity index (χ1n) is 6.01. The number of aliphatic hydroxyl groups is 1. The van der Waals surface area contributed by atoms with Crippen LogP contribution in [-0.2, 0) is 9.59 Å². The number of anilines is 1. The van der Waals surface area contributed by atoms with E-state index in [2.05, 4.69) is 10.6 Å². The number of nitrogens with one attached hydrogen (secondary N) is 2. The quantitative estimate of drug-likeness (QED) is 0.698. The Bertz CT molecular complexity index is 434. The molecule has 0 spiro atoms. The van der Waals surface area contributed by atoms with Crippen molar-refractivity contribution >= 4 is 17.5 Å². The largest absolute Gasteiger partial charge is 0.396 e. The van der Waals surface area contributed by atoms with Gasteiger partial charge >= 0.3 is 11.8 Å². The van der Waals surface area contributed by atoms with Gasteiger partial charge < -0.3 is 15.7 Å². The van der Waals surface area contributed by atoms with Crippen molar-refractivity contribution in [2.75, 3.05) is 11.9 Å². The van der Waals surface area contributed by atoms with Gasteiger partial charge in [0.1, 0.15) is 5.82 Å². The average molecular weight is 268 g/mol. The van der Waals surface area contributed by atoms with E-state index in [1.807, 2.05) is 0 Å². The van der Waals surface area contributed by atoms with Crippen LogP contribution in [0.1, 0.15) is 19.8 Å². The standard InChI is InChI=1S/C13H17FN2O3/c1-9(3-2-8-17)15-12(18)13(19)16-11-6-4-10(14)5-7-11/h4-7,9,17H,2-3,8H2,1H3,(H,15,18)(H,16,19). The van der Waals surface area contributed by atoms with Gasteiger partial charge in [-0.25, -0.2) is 4.39 Å². The molecule has 1 aromatic carbocycles. The molecular formula is C13H17FN2O3. The molecular weight excluding hydrogens is 251 g/mol. The van der Waals surface area contributed by atoms with E-state index in [0.717, 1.165) is 0 Å². The second-order valence-corrected chi connectivity index (χ2v) is 4.20. The topological polar surface area (TPSA) is 78.4 Å². The van der Waals surface area contributed by atoms with E-state index in [1.54, 1.807) is 6.92 Å². The highest BCUT2D eigenvalue weighted by atomic mass is 19.1. The molecule has 0 bridgehead atoms. The summed E-state index contributed by atoms with van der Waals surface area (Å²) in [5, 5.41) is 13.5. The normalized spacial score (nSPS) is 11.7. The number of carbonyl (C=O) groups excluding carboxylic acids is 2. The van der Waals surface area contributed by atoms with Crippen molar-refractivity contribution in [3.63, 3.8) is 0 Å². The highest BCUT2D eigenvalue weighted by Gasteiger charge is 2.15. The minimum Gasteiger partial charge on any atom is -0.396 e. The van der Waals surface area contributed by atoms with Gasteiger partial charge in [0.2, 0.25) is 0 Å². The molecule has 3 N–H and O–H groups in total. The van der Waals surface area contributed by atoms with E-state index in [4.69, 9.17) is 5.11 Å². The molecule has 1 unspecified atom stereocenters. The number of hydrogen-bond donors (Lipinski definition) is 3. The third-order valence-corrected chi connectivity index (χ3v) is 2.48. The molecule has 0 aromatic heterocycles. The minimum atomic E-state index is -0.803. The maximum atomic E-state index is 12.7. The second-order valence-electron chi connectivity index (χ2n) is 4.20. The molecule has 0 radical (unpaired) electrons. The van der Waals surface area contributed by atoms with Gasteiger partial charge in [-0.1, -0.05) is 0 Å². The van der Waals surface area contributed by atoms with E-state index in [-0.39, 0.29) is 12.6 Å². The third-order valence-electron chi connectivity index (χ3n) is 2.48. The monoisotopic (exact) mass is 268 g/mol. The van der Waals surface area contributed by atoms with Crippen molar-refractivity contribution in [1.29, 1.82) is 0 Å². The number of hydrogen-bond acceptors (Lipinski definition) is 3. The first-order chi connectivity index (χ1) is 9.02. The van der Waals surface area contributed by atoms with Crippen molar-refractivity contribution in [3.8, 4) is 0 Å². The lowest BCUT2D eigenvalue weighted by Crippen LogP contribution is -2.40. The van der Waals surface area contributed by atoms with Crippen molar-refractivity contribution in [2.45, 2.75) is 25.8 Å². The summed E-state index contributed by atoms with van der Waals surface area (Å²) in [4.78, 5) is 23.1. The molecule has 0 heterocycles. The molecule has 19 heavy (non-hydrogen) atoms. The number of carbonyl (C=O) groups is 2. The Morgan fingerprint density at radius 3 is 2.47 bits per heavy atom. The van der Waals surface area contributed by atoms with Crippen LogP contribution in [0.2, 0.25) is 0 Å². The average Bonchev–Trinajstić information content (AvgIpc) is 2.39. The summed E-state index contributed by atoms with van der Waals surface area (Å²) in [5.41, 5.74) is 0.351. The zero-order valence-corrected chi connectivity index (χ0v) is 10.6. The maximum absolute atomic E-state index is 12.7. The number of halogens is 1. The Morgan fingerprint density at radius 2 is 1.89 bits per heavy atom. The van der Waals surface area contributed by atoms with E-state index in [0.29, 0.717) is 18.5 Å². The summed E-state index contributed by atoms with van der Waals surface area (Å²) in [6.07, 6.45) is 1.15. The lowest BCUT2D eigenvalue weighted by Gasteiger charge is -2.12. The van der Waals surface area contributed by atoms with Gasteiger partial charge in [0, 0.05) is 18.3 Å². The fraction of sp³-hybridized carbons (Fsp3) is 0.385. The molecule has 0 aliphatic heterocycles. The van der Waals surface area contributed by atoms with E-state index in [1.165, 1.54) is 24.3 Å². The van der Waals surface area contributed by atoms with Gasteiger partial charge in [-0.15, -0.1) is 0 Å². The fourth-order valence-corrected chi connectivity index (χ4v) is 1.48. The van der Waals surface area contributed by atoms with E-state index >= 15 is 0 Å². The van der Waals surface area contributed by atoms with Crippen LogP contribution in [0.3, 0.4) is 0 Å². The van der Waals surface area contributed by atoms with Crippen LogP contribution >= 0.6 is 0 Å². The van der Waals surface area contributed by atoms with Gasteiger partial charge in [0.15, 0.2) is 0 Å². The van der Waals surface area contributed by atoms with E-state index < -0.39 is 17.6 Å². The summed E-state index contributed by atoms with van der Waals surface area (Å²) in [6, 6.07) is 4.93. The van der Waals surface area contributed by atoms with Crippen molar-refractivity contribution in [3.05, 3.63) is 30.1 Å². The maximum Gasteiger partial charge on any atom is 0.313 e. The highest BCUT2D eigenvalue weighted by Crippen LogP contribution is 2.07. The van der Waals surface area contributed by atoms with Crippen LogP contribution in [0, 0.1) is 5.82 Å². The molecule has 1 aromatic rings. The van der Waals surface area contributed by atoms with Crippen LogP contribution in [0.15, 0.2) is 24.3 Å². The predicted molar refractivity (Wildman–Crippen MR) is 69.0 cm³/mol. The van der Waals surface area contributed by atoms with E-state index in [9.17, 15) is 14.0 Å². The zero-order chi connectivity index (χ0) is 14.3. The Hall–Kier alpha value is -1.95. The molecule has 6 heteroatoms. The summed E-state index contributed by atoms with van der Waals surface area (Å²) in [6.45, 7) is 1.79. The number of amides is 2. The van der Waals surface area contributed by atoms with Gasteiger partial charge in [-0.2, -0.15) is 0 Å². The van der Waals surface area contributed by atoms with Crippen LogP contribution in [-0.4, -0.2) is 29.6 Å². The van der Waals surface area contributed by atoms with Crippen molar-refractivity contribution in [2.24, 2.45) is 0 Å². The molecule has 0 aliphatic rings. The lowest BCUT2D eigenvalue weighted by molar-refractivity contribution is -0.136. The first kappa shape index (κ1) is 15.1. The smallest absolute Gasteiger partial charge is 0.313 e. The molecule has 1 rings (SSSR count). The van der Waals surface area contributed by atoms with Crippen molar-refractivity contribution in [1.82, 2.24) is 5.32 Å². The number of aliphatic hydroxyl groups excluding tert-OH is 1. The fourth-order valence-electron chi connectivity index (χ4n) is 1.48. The molecule has 1 atom stereocenters. The Morgan fingerprint density at radius 1 is 1.26 bits per heavy atom. The Balaban J connectivity index is 2.44. The first-order valence-corrected chi connectivity index (χ1v) is 6.01.